The third-order valence-corrected chi connectivity index (χ3v) is 2.65. The van der Waals surface area contributed by atoms with Crippen LogP contribution in [0.5, 0.6) is 0 Å². The lowest BCUT2D eigenvalue weighted by Crippen LogP contribution is -2.14. The lowest BCUT2D eigenvalue weighted by Gasteiger charge is -1.98. The second-order valence-electron chi connectivity index (χ2n) is 2.72. The van der Waals surface area contributed by atoms with E-state index in [9.17, 15) is 14.5 Å². The summed E-state index contributed by atoms with van der Waals surface area (Å²) in [6.45, 7) is 0.832. The average Bonchev–Trinajstić information content (AvgIpc) is 2.61. The molecule has 1 N–H and O–H groups in total. The van der Waals surface area contributed by atoms with E-state index in [1.165, 1.54) is 6.07 Å². The zero-order chi connectivity index (χ0) is 10.4. The second kappa shape index (κ2) is 5.66. The van der Waals surface area contributed by atoms with Crippen LogP contribution >= 0.6 is 11.3 Å². The molecule has 0 aromatic carbocycles. The number of nitrogens with zero attached hydrogens (tertiary/aromatic N) is 1. The standard InChI is InChI=1S/C8H11FN2O2S/c9-4-1-5-10-6-7-2-3-8(14-7)11(12)13/h2-3,10H,1,4-6H2. The van der Waals surface area contributed by atoms with E-state index in [4.69, 9.17) is 0 Å². The van der Waals surface area contributed by atoms with Gasteiger partial charge < -0.3 is 5.32 Å². The van der Waals surface area contributed by atoms with Gasteiger partial charge in [0.25, 0.3) is 0 Å². The molecular weight excluding hydrogens is 207 g/mol. The summed E-state index contributed by atoms with van der Waals surface area (Å²) in [6.07, 6.45) is 0.480. The largest absolute Gasteiger partial charge is 0.324 e. The first-order chi connectivity index (χ1) is 6.74. The fourth-order valence-corrected chi connectivity index (χ4v) is 1.75. The third kappa shape index (κ3) is 3.39. The molecule has 0 saturated carbocycles. The molecule has 0 aliphatic heterocycles. The van der Waals surface area contributed by atoms with Gasteiger partial charge in [-0.3, -0.25) is 14.5 Å². The van der Waals surface area contributed by atoms with Crippen molar-refractivity contribution in [1.82, 2.24) is 5.32 Å². The van der Waals surface area contributed by atoms with Crippen LogP contribution in [0.2, 0.25) is 0 Å². The van der Waals surface area contributed by atoms with E-state index in [0.717, 1.165) is 16.2 Å². The maximum Gasteiger partial charge on any atom is 0.324 e. The number of nitro groups is 1. The fraction of sp³-hybridized carbons (Fsp3) is 0.500. The van der Waals surface area contributed by atoms with Gasteiger partial charge in [-0.1, -0.05) is 11.3 Å². The van der Waals surface area contributed by atoms with Crippen LogP contribution in [0.4, 0.5) is 9.39 Å². The van der Waals surface area contributed by atoms with Gasteiger partial charge in [0, 0.05) is 17.5 Å². The van der Waals surface area contributed by atoms with Crippen LogP contribution in [0.15, 0.2) is 12.1 Å². The van der Waals surface area contributed by atoms with Crippen molar-refractivity contribution in [3.63, 3.8) is 0 Å². The van der Waals surface area contributed by atoms with Gasteiger partial charge in [0.05, 0.1) is 11.6 Å². The zero-order valence-electron chi connectivity index (χ0n) is 7.53. The van der Waals surface area contributed by atoms with E-state index < -0.39 is 4.92 Å². The van der Waals surface area contributed by atoms with Gasteiger partial charge in [-0.05, 0) is 19.0 Å². The monoisotopic (exact) mass is 218 g/mol. The van der Waals surface area contributed by atoms with Gasteiger partial charge in [0.1, 0.15) is 0 Å². The van der Waals surface area contributed by atoms with Crippen LogP contribution < -0.4 is 5.32 Å². The summed E-state index contributed by atoms with van der Waals surface area (Å²) in [7, 11) is 0. The van der Waals surface area contributed by atoms with E-state index in [0.29, 0.717) is 19.5 Å². The fourth-order valence-electron chi connectivity index (χ4n) is 0.963. The van der Waals surface area contributed by atoms with Gasteiger partial charge in [-0.2, -0.15) is 0 Å². The summed E-state index contributed by atoms with van der Waals surface area (Å²) in [6, 6.07) is 3.20. The number of hydrogen-bond acceptors (Lipinski definition) is 4. The molecule has 0 aliphatic rings. The van der Waals surface area contributed by atoms with Crippen molar-refractivity contribution in [2.45, 2.75) is 13.0 Å². The van der Waals surface area contributed by atoms with Gasteiger partial charge in [0.2, 0.25) is 0 Å². The molecule has 78 valence electrons. The molecule has 0 aliphatic carbocycles. The van der Waals surface area contributed by atoms with Crippen molar-refractivity contribution in [3.8, 4) is 0 Å². The Morgan fingerprint density at radius 3 is 2.93 bits per heavy atom. The molecule has 14 heavy (non-hydrogen) atoms. The SMILES string of the molecule is O=[N+]([O-])c1ccc(CNCCCF)s1. The molecule has 6 heteroatoms. The highest BCUT2D eigenvalue weighted by atomic mass is 32.1. The lowest BCUT2D eigenvalue weighted by atomic mass is 10.4. The van der Waals surface area contributed by atoms with E-state index in [-0.39, 0.29) is 11.7 Å². The molecule has 0 spiro atoms. The van der Waals surface area contributed by atoms with E-state index in [1.54, 1.807) is 6.07 Å². The first kappa shape index (κ1) is 11.1. The Morgan fingerprint density at radius 1 is 1.57 bits per heavy atom. The molecule has 0 unspecified atom stereocenters. The van der Waals surface area contributed by atoms with Gasteiger partial charge in [-0.25, -0.2) is 0 Å². The zero-order valence-corrected chi connectivity index (χ0v) is 8.35. The second-order valence-corrected chi connectivity index (χ2v) is 3.86. The predicted molar refractivity (Wildman–Crippen MR) is 53.3 cm³/mol. The molecule has 4 nitrogen and oxygen atoms in total. The van der Waals surface area contributed by atoms with Crippen molar-refractivity contribution in [2.75, 3.05) is 13.2 Å². The maximum atomic E-state index is 11.7. The van der Waals surface area contributed by atoms with Crippen molar-refractivity contribution in [1.29, 1.82) is 0 Å². The summed E-state index contributed by atoms with van der Waals surface area (Å²) in [5.74, 6) is 0. The molecule has 0 bridgehead atoms. The Bertz CT molecular complexity index is 303. The molecule has 1 heterocycles. The van der Waals surface area contributed by atoms with Crippen LogP contribution in [-0.4, -0.2) is 18.1 Å². The molecule has 0 amide bonds. The van der Waals surface area contributed by atoms with E-state index >= 15 is 0 Å². The summed E-state index contributed by atoms with van der Waals surface area (Å²) in [5, 5.41) is 13.5. The van der Waals surface area contributed by atoms with Crippen molar-refractivity contribution in [2.24, 2.45) is 0 Å². The van der Waals surface area contributed by atoms with E-state index in [1.807, 2.05) is 0 Å². The number of thiophene rings is 1. The predicted octanol–water partition coefficient (Wildman–Crippen LogP) is 2.11. The Hall–Kier alpha value is -1.01. The summed E-state index contributed by atoms with van der Waals surface area (Å²) >= 11 is 1.14. The highest BCUT2D eigenvalue weighted by Crippen LogP contribution is 2.23. The van der Waals surface area contributed by atoms with Gasteiger partial charge in [0.15, 0.2) is 0 Å². The van der Waals surface area contributed by atoms with Crippen molar-refractivity contribution < 1.29 is 9.31 Å². The molecule has 1 rings (SSSR count). The molecule has 0 atom stereocenters. The Balaban J connectivity index is 2.33. The van der Waals surface area contributed by atoms with Crippen molar-refractivity contribution in [3.05, 3.63) is 27.1 Å². The first-order valence-electron chi connectivity index (χ1n) is 4.24. The molecule has 0 saturated heterocycles. The number of rotatable bonds is 6. The van der Waals surface area contributed by atoms with Crippen LogP contribution in [0.25, 0.3) is 0 Å². The Morgan fingerprint density at radius 2 is 2.36 bits per heavy atom. The minimum Gasteiger partial charge on any atom is -0.312 e. The van der Waals surface area contributed by atoms with E-state index in [2.05, 4.69) is 5.32 Å². The van der Waals surface area contributed by atoms with Crippen LogP contribution in [0.3, 0.4) is 0 Å². The molecule has 1 aromatic rings. The van der Waals surface area contributed by atoms with Gasteiger partial charge >= 0.3 is 5.00 Å². The van der Waals surface area contributed by atoms with Gasteiger partial charge in [-0.15, -0.1) is 0 Å². The first-order valence-corrected chi connectivity index (χ1v) is 5.05. The normalized spacial score (nSPS) is 10.4. The molecule has 1 aromatic heterocycles. The molecular formula is C8H11FN2O2S. The maximum absolute atomic E-state index is 11.7. The minimum absolute atomic E-state index is 0.146. The average molecular weight is 218 g/mol. The summed E-state index contributed by atoms with van der Waals surface area (Å²) in [5.41, 5.74) is 0. The number of alkyl halides is 1. The van der Waals surface area contributed by atoms with Crippen LogP contribution in [-0.2, 0) is 6.54 Å². The topological polar surface area (TPSA) is 55.2 Å². The quantitative estimate of drug-likeness (QED) is 0.452. The van der Waals surface area contributed by atoms with Crippen LogP contribution in [0.1, 0.15) is 11.3 Å². The van der Waals surface area contributed by atoms with Crippen LogP contribution in [0, 0.1) is 10.1 Å². The highest BCUT2D eigenvalue weighted by molar-refractivity contribution is 7.15. The Labute approximate surface area is 84.9 Å². The Kier molecular flexibility index (Phi) is 4.48. The highest BCUT2D eigenvalue weighted by Gasteiger charge is 2.08. The molecule has 0 fully saturated rings. The third-order valence-electron chi connectivity index (χ3n) is 1.61. The number of hydrogen-bond donors (Lipinski definition) is 1. The lowest BCUT2D eigenvalue weighted by molar-refractivity contribution is -0.380. The molecule has 0 radical (unpaired) electrons. The number of nitrogens with one attached hydrogen (secondary N) is 1. The minimum atomic E-state index is -0.407. The summed E-state index contributed by atoms with van der Waals surface area (Å²) < 4.78 is 11.7. The van der Waals surface area contributed by atoms with Crippen molar-refractivity contribution >= 4 is 16.3 Å². The summed E-state index contributed by atoms with van der Waals surface area (Å²) in [4.78, 5) is 10.8. The number of halogens is 1. The smallest absolute Gasteiger partial charge is 0.312 e.